The quantitative estimate of drug-likeness (QED) is 0.712. The zero-order valence-electron chi connectivity index (χ0n) is 9.52. The monoisotopic (exact) mass is 194 g/mol. The zero-order valence-corrected chi connectivity index (χ0v) is 9.52. The maximum atomic E-state index is 3.53. The molecule has 14 heavy (non-hydrogen) atoms. The Morgan fingerprint density at radius 2 is 1.64 bits per heavy atom. The van der Waals surface area contributed by atoms with E-state index in [4.69, 9.17) is 0 Å². The van der Waals surface area contributed by atoms with Crippen LogP contribution in [0.4, 0.5) is 0 Å². The highest BCUT2D eigenvalue weighted by Gasteiger charge is 2.28. The predicted octanol–water partition coefficient (Wildman–Crippen LogP) is 3.16. The molecule has 1 atom stereocenters. The van der Waals surface area contributed by atoms with Crippen molar-refractivity contribution in [2.75, 3.05) is 13.1 Å². The molecule has 1 heterocycles. The van der Waals surface area contributed by atoms with Crippen LogP contribution < -0.4 is 5.32 Å². The van der Waals surface area contributed by atoms with Gasteiger partial charge in [-0.15, -0.1) is 0 Å². The molecule has 1 N–H and O–H groups in total. The molecule has 0 amide bonds. The van der Waals surface area contributed by atoms with Crippen LogP contribution in [0.25, 0.3) is 0 Å². The third kappa shape index (κ3) is 2.50. The van der Waals surface area contributed by atoms with Gasteiger partial charge in [0.05, 0.1) is 0 Å². The molecular formula is C13H24N. The molecule has 0 aromatic heterocycles. The van der Waals surface area contributed by atoms with Gasteiger partial charge in [-0.25, -0.2) is 0 Å². The smallest absolute Gasteiger partial charge is 0.00150 e. The molecule has 1 nitrogen and oxygen atoms in total. The summed E-state index contributed by atoms with van der Waals surface area (Å²) in [6.45, 7) is 4.92. The Kier molecular flexibility index (Phi) is 3.86. The maximum absolute atomic E-state index is 3.53. The molecule has 2 rings (SSSR count). The molecule has 1 radical (unpaired) electrons. The third-order valence-corrected chi connectivity index (χ3v) is 4.19. The fourth-order valence-electron chi connectivity index (χ4n) is 3.13. The second kappa shape index (κ2) is 5.16. The summed E-state index contributed by atoms with van der Waals surface area (Å²) in [6.07, 6.45) is 10.2. The zero-order chi connectivity index (χ0) is 9.80. The molecule has 2 aliphatic rings. The molecule has 2 fully saturated rings. The van der Waals surface area contributed by atoms with Crippen LogP contribution in [0.15, 0.2) is 0 Å². The first-order chi connectivity index (χ1) is 6.88. The topological polar surface area (TPSA) is 12.0 Å². The Hall–Kier alpha value is -0.0400. The van der Waals surface area contributed by atoms with Gasteiger partial charge in [0.2, 0.25) is 0 Å². The second-order valence-corrected chi connectivity index (χ2v) is 5.12. The number of hydrogen-bond donors (Lipinski definition) is 1. The summed E-state index contributed by atoms with van der Waals surface area (Å²) in [5, 5.41) is 3.53. The van der Waals surface area contributed by atoms with Crippen molar-refractivity contribution in [3.8, 4) is 0 Å². The molecule has 0 spiro atoms. The van der Waals surface area contributed by atoms with Crippen molar-refractivity contribution in [2.24, 2.45) is 11.8 Å². The average Bonchev–Trinajstić information content (AvgIpc) is 2.30. The van der Waals surface area contributed by atoms with E-state index in [1.54, 1.807) is 0 Å². The van der Waals surface area contributed by atoms with E-state index < -0.39 is 0 Å². The molecule has 1 aliphatic heterocycles. The van der Waals surface area contributed by atoms with Crippen LogP contribution in [0.5, 0.6) is 0 Å². The van der Waals surface area contributed by atoms with E-state index in [2.05, 4.69) is 12.2 Å². The largest absolute Gasteiger partial charge is 0.316 e. The van der Waals surface area contributed by atoms with Gasteiger partial charge in [0.1, 0.15) is 0 Å². The van der Waals surface area contributed by atoms with E-state index in [0.717, 1.165) is 11.8 Å². The molecule has 1 heteroatoms. The molecule has 1 saturated carbocycles. The highest BCUT2D eigenvalue weighted by atomic mass is 14.9. The fourth-order valence-corrected chi connectivity index (χ4v) is 3.13. The van der Waals surface area contributed by atoms with E-state index in [0.29, 0.717) is 0 Å². The standard InChI is InChI=1S/C13H24N/c1-11(12-6-3-2-4-7-12)13-8-5-9-14-10-13/h12-14H,2-10H2,1H3/t13-/m0/s1. The lowest BCUT2D eigenvalue weighted by Gasteiger charge is -2.35. The number of nitrogens with one attached hydrogen (secondary N) is 1. The van der Waals surface area contributed by atoms with Crippen molar-refractivity contribution < 1.29 is 0 Å². The van der Waals surface area contributed by atoms with Crippen LogP contribution in [-0.2, 0) is 0 Å². The molecule has 0 bridgehead atoms. The SMILES string of the molecule is C[C](C1CCCCC1)[C@H]1CCCNC1. The number of rotatable bonds is 2. The summed E-state index contributed by atoms with van der Waals surface area (Å²) >= 11 is 0. The van der Waals surface area contributed by atoms with Gasteiger partial charge in [0.25, 0.3) is 0 Å². The second-order valence-electron chi connectivity index (χ2n) is 5.12. The van der Waals surface area contributed by atoms with Crippen LogP contribution in [0.1, 0.15) is 51.9 Å². The van der Waals surface area contributed by atoms with Gasteiger partial charge in [0, 0.05) is 0 Å². The van der Waals surface area contributed by atoms with Crippen LogP contribution in [0.3, 0.4) is 0 Å². The third-order valence-electron chi connectivity index (χ3n) is 4.19. The summed E-state index contributed by atoms with van der Waals surface area (Å²) in [5.74, 6) is 3.68. The van der Waals surface area contributed by atoms with Crippen molar-refractivity contribution in [1.29, 1.82) is 0 Å². The average molecular weight is 194 g/mol. The number of piperidine rings is 1. The van der Waals surface area contributed by atoms with Gasteiger partial charge in [0.15, 0.2) is 0 Å². The summed E-state index contributed by atoms with van der Waals surface area (Å²) in [7, 11) is 0. The van der Waals surface area contributed by atoms with E-state index in [9.17, 15) is 0 Å². The summed E-state index contributed by atoms with van der Waals surface area (Å²) in [6, 6.07) is 0. The fraction of sp³-hybridized carbons (Fsp3) is 0.923. The number of hydrogen-bond acceptors (Lipinski definition) is 1. The van der Waals surface area contributed by atoms with Gasteiger partial charge < -0.3 is 5.32 Å². The lowest BCUT2D eigenvalue weighted by Crippen LogP contribution is -2.35. The Balaban J connectivity index is 1.82. The Labute approximate surface area is 88.7 Å². The summed E-state index contributed by atoms with van der Waals surface area (Å²) in [5.41, 5.74) is 0. The van der Waals surface area contributed by atoms with Crippen LogP contribution in [0.2, 0.25) is 0 Å². The first-order valence-corrected chi connectivity index (χ1v) is 6.42. The molecule has 0 unspecified atom stereocenters. The van der Waals surface area contributed by atoms with E-state index in [-0.39, 0.29) is 0 Å². The van der Waals surface area contributed by atoms with Gasteiger partial charge >= 0.3 is 0 Å². The summed E-state index contributed by atoms with van der Waals surface area (Å²) < 4.78 is 0. The minimum Gasteiger partial charge on any atom is -0.316 e. The molecule has 0 aromatic carbocycles. The Morgan fingerprint density at radius 1 is 0.929 bits per heavy atom. The molecule has 81 valence electrons. The normalized spacial score (nSPS) is 30.9. The highest BCUT2D eigenvalue weighted by molar-refractivity contribution is 5.00. The molecular weight excluding hydrogens is 170 g/mol. The predicted molar refractivity (Wildman–Crippen MR) is 61.1 cm³/mol. The van der Waals surface area contributed by atoms with E-state index in [1.165, 1.54) is 58.0 Å². The molecule has 1 aliphatic carbocycles. The Bertz CT molecular complexity index is 137. The minimum atomic E-state index is 0.895. The molecule has 1 saturated heterocycles. The van der Waals surface area contributed by atoms with Gasteiger partial charge in [-0.2, -0.15) is 0 Å². The van der Waals surface area contributed by atoms with Crippen molar-refractivity contribution >= 4 is 0 Å². The highest BCUT2D eigenvalue weighted by Crippen LogP contribution is 2.37. The summed E-state index contributed by atoms with van der Waals surface area (Å²) in [4.78, 5) is 0. The van der Waals surface area contributed by atoms with Gasteiger partial charge in [-0.1, -0.05) is 26.2 Å². The minimum absolute atomic E-state index is 0.895. The van der Waals surface area contributed by atoms with Crippen LogP contribution >= 0.6 is 0 Å². The Morgan fingerprint density at radius 3 is 2.29 bits per heavy atom. The van der Waals surface area contributed by atoms with E-state index >= 15 is 0 Å². The van der Waals surface area contributed by atoms with E-state index in [1.807, 2.05) is 5.92 Å². The first-order valence-electron chi connectivity index (χ1n) is 6.42. The van der Waals surface area contributed by atoms with Crippen molar-refractivity contribution in [3.63, 3.8) is 0 Å². The van der Waals surface area contributed by atoms with Crippen molar-refractivity contribution in [1.82, 2.24) is 5.32 Å². The lowest BCUT2D eigenvalue weighted by molar-refractivity contribution is 0.289. The first kappa shape index (κ1) is 10.5. The van der Waals surface area contributed by atoms with Crippen LogP contribution in [0, 0.1) is 17.8 Å². The van der Waals surface area contributed by atoms with Gasteiger partial charge in [-0.3, -0.25) is 0 Å². The molecule has 0 aromatic rings. The van der Waals surface area contributed by atoms with Gasteiger partial charge in [-0.05, 0) is 56.5 Å². The van der Waals surface area contributed by atoms with Crippen molar-refractivity contribution in [3.05, 3.63) is 5.92 Å². The lowest BCUT2D eigenvalue weighted by atomic mass is 9.73. The van der Waals surface area contributed by atoms with Crippen LogP contribution in [-0.4, -0.2) is 13.1 Å². The van der Waals surface area contributed by atoms with Crippen molar-refractivity contribution in [2.45, 2.75) is 51.9 Å². The maximum Gasteiger partial charge on any atom is -0.00150 e.